The predicted molar refractivity (Wildman–Crippen MR) is 101 cm³/mol. The Hall–Kier alpha value is -2.42. The van der Waals surface area contributed by atoms with Gasteiger partial charge in [-0.15, -0.1) is 0 Å². The maximum Gasteiger partial charge on any atom is 0.289 e. The van der Waals surface area contributed by atoms with Gasteiger partial charge in [-0.2, -0.15) is 5.10 Å². The Kier molecular flexibility index (Phi) is 6.74. The number of halogens is 1. The van der Waals surface area contributed by atoms with Crippen LogP contribution in [0.25, 0.3) is 0 Å². The highest BCUT2D eigenvalue weighted by molar-refractivity contribution is 14.1. The van der Waals surface area contributed by atoms with Crippen molar-refractivity contribution in [2.45, 2.75) is 0 Å². The largest absolute Gasteiger partial charge is 0.493 e. The van der Waals surface area contributed by atoms with Crippen molar-refractivity contribution in [3.05, 3.63) is 64.0 Å². The van der Waals surface area contributed by atoms with Crippen LogP contribution in [0.5, 0.6) is 11.5 Å². The number of amides is 1. The normalized spacial score (nSPS) is 10.4. The molecule has 0 aliphatic rings. The first-order valence-electron chi connectivity index (χ1n) is 7.01. The van der Waals surface area contributed by atoms with E-state index in [2.05, 4.69) is 44.7 Å². The summed E-state index contributed by atoms with van der Waals surface area (Å²) in [5, 5.41) is 3.95. The first-order chi connectivity index (χ1) is 11.7. The van der Waals surface area contributed by atoms with E-state index in [1.165, 1.54) is 6.21 Å². The van der Waals surface area contributed by atoms with Crippen LogP contribution in [0.4, 0.5) is 0 Å². The van der Waals surface area contributed by atoms with Crippen LogP contribution >= 0.6 is 22.6 Å². The summed E-state index contributed by atoms with van der Waals surface area (Å²) in [6.45, 7) is 4.01. The maximum atomic E-state index is 11.9. The number of carbonyl (C=O) groups excluding carboxylic acids is 1. The van der Waals surface area contributed by atoms with Crippen molar-refractivity contribution in [3.8, 4) is 11.5 Å². The van der Waals surface area contributed by atoms with E-state index >= 15 is 0 Å². The van der Waals surface area contributed by atoms with Crippen molar-refractivity contribution in [2.75, 3.05) is 13.7 Å². The average molecular weight is 437 g/mol. The molecule has 1 amide bonds. The van der Waals surface area contributed by atoms with E-state index < -0.39 is 0 Å². The van der Waals surface area contributed by atoms with E-state index in [9.17, 15) is 4.79 Å². The third-order valence-electron chi connectivity index (χ3n) is 2.87. The van der Waals surface area contributed by atoms with Crippen LogP contribution in [0, 0.1) is 3.57 Å². The van der Waals surface area contributed by atoms with Gasteiger partial charge >= 0.3 is 0 Å². The Morgan fingerprint density at radius 2 is 2.29 bits per heavy atom. The molecule has 0 saturated carbocycles. The van der Waals surface area contributed by atoms with Crippen molar-refractivity contribution in [3.63, 3.8) is 0 Å². The van der Waals surface area contributed by atoms with E-state index in [0.29, 0.717) is 23.8 Å². The molecule has 6 nitrogen and oxygen atoms in total. The van der Waals surface area contributed by atoms with Gasteiger partial charge in [0.1, 0.15) is 12.3 Å². The minimum Gasteiger partial charge on any atom is -0.493 e. The second-order valence-corrected chi connectivity index (χ2v) is 5.71. The highest BCUT2D eigenvalue weighted by Crippen LogP contribution is 2.33. The highest BCUT2D eigenvalue weighted by atomic mass is 127. The number of benzene rings is 1. The summed E-state index contributed by atoms with van der Waals surface area (Å²) >= 11 is 2.15. The number of aromatic nitrogens is 1. The Labute approximate surface area is 153 Å². The van der Waals surface area contributed by atoms with Gasteiger partial charge in [-0.25, -0.2) is 5.43 Å². The Morgan fingerprint density at radius 1 is 1.46 bits per heavy atom. The molecular weight excluding hydrogens is 421 g/mol. The lowest BCUT2D eigenvalue weighted by atomic mass is 10.2. The van der Waals surface area contributed by atoms with Gasteiger partial charge in [-0.1, -0.05) is 18.7 Å². The molecule has 1 heterocycles. The number of ether oxygens (including phenoxy) is 2. The van der Waals surface area contributed by atoms with E-state index in [1.807, 2.05) is 6.07 Å². The molecule has 24 heavy (non-hydrogen) atoms. The Bertz CT molecular complexity index is 748. The molecule has 0 spiro atoms. The van der Waals surface area contributed by atoms with Gasteiger partial charge in [0.2, 0.25) is 0 Å². The Morgan fingerprint density at radius 3 is 2.96 bits per heavy atom. The molecule has 0 saturated heterocycles. The summed E-state index contributed by atoms with van der Waals surface area (Å²) in [7, 11) is 1.57. The number of hydrogen-bond acceptors (Lipinski definition) is 5. The molecule has 2 rings (SSSR count). The lowest BCUT2D eigenvalue weighted by Crippen LogP contribution is -2.18. The van der Waals surface area contributed by atoms with Gasteiger partial charge in [-0.05, 0) is 52.4 Å². The molecular formula is C17H16IN3O3. The van der Waals surface area contributed by atoms with Crippen LogP contribution in [0.15, 0.2) is 54.3 Å². The second kappa shape index (κ2) is 9.02. The minimum absolute atomic E-state index is 0.301. The monoisotopic (exact) mass is 437 g/mol. The first kappa shape index (κ1) is 17.9. The van der Waals surface area contributed by atoms with Gasteiger partial charge in [0.25, 0.3) is 5.91 Å². The lowest BCUT2D eigenvalue weighted by molar-refractivity contribution is 0.0950. The molecule has 0 aliphatic carbocycles. The molecule has 1 aromatic carbocycles. The number of methoxy groups -OCH3 is 1. The summed E-state index contributed by atoms with van der Waals surface area (Å²) < 4.78 is 11.8. The van der Waals surface area contributed by atoms with E-state index in [-0.39, 0.29) is 5.91 Å². The van der Waals surface area contributed by atoms with Gasteiger partial charge in [-0.3, -0.25) is 9.78 Å². The zero-order chi connectivity index (χ0) is 17.4. The van der Waals surface area contributed by atoms with Crippen molar-refractivity contribution < 1.29 is 14.3 Å². The van der Waals surface area contributed by atoms with Crippen LogP contribution in [-0.2, 0) is 0 Å². The number of nitrogens with one attached hydrogen (secondary N) is 1. The highest BCUT2D eigenvalue weighted by Gasteiger charge is 2.11. The molecule has 0 aliphatic heterocycles. The number of nitrogens with zero attached hydrogens (tertiary/aromatic N) is 2. The first-order valence-corrected chi connectivity index (χ1v) is 8.09. The zero-order valence-corrected chi connectivity index (χ0v) is 15.2. The molecule has 0 unspecified atom stereocenters. The fourth-order valence-corrected chi connectivity index (χ4v) is 2.60. The quantitative estimate of drug-likeness (QED) is 0.313. The van der Waals surface area contributed by atoms with E-state index in [0.717, 1.165) is 9.13 Å². The van der Waals surface area contributed by atoms with E-state index in [4.69, 9.17) is 9.47 Å². The molecule has 0 bridgehead atoms. The molecule has 0 radical (unpaired) electrons. The smallest absolute Gasteiger partial charge is 0.289 e. The van der Waals surface area contributed by atoms with Crippen LogP contribution in [0.3, 0.4) is 0 Å². The molecule has 1 N–H and O–H groups in total. The summed E-state index contributed by atoms with van der Waals surface area (Å²) in [6, 6.07) is 8.74. The van der Waals surface area contributed by atoms with Crippen LogP contribution in [-0.4, -0.2) is 30.8 Å². The number of rotatable bonds is 7. The summed E-state index contributed by atoms with van der Waals surface area (Å²) in [6.07, 6.45) is 4.74. The molecule has 0 fully saturated rings. The summed E-state index contributed by atoms with van der Waals surface area (Å²) in [4.78, 5) is 15.8. The average Bonchev–Trinajstić information content (AvgIpc) is 2.61. The van der Waals surface area contributed by atoms with Gasteiger partial charge in [0, 0.05) is 6.20 Å². The molecule has 1 aromatic heterocycles. The van der Waals surface area contributed by atoms with Crippen molar-refractivity contribution in [1.29, 1.82) is 0 Å². The predicted octanol–water partition coefficient (Wildman–Crippen LogP) is 3.02. The molecule has 0 atom stereocenters. The second-order valence-electron chi connectivity index (χ2n) is 4.55. The molecule has 7 heteroatoms. The Balaban J connectivity index is 2.10. The van der Waals surface area contributed by atoms with Gasteiger partial charge < -0.3 is 9.47 Å². The molecule has 2 aromatic rings. The number of pyridine rings is 1. The summed E-state index contributed by atoms with van der Waals surface area (Å²) in [5.74, 6) is 0.855. The standard InChI is InChI=1S/C17H16IN3O3/c1-3-8-24-16-13(18)9-12(10-15(16)23-2)11-20-21-17(22)14-6-4-5-7-19-14/h3-7,9-11H,1,8H2,2H3,(H,21,22)/b20-11-. The van der Waals surface area contributed by atoms with Gasteiger partial charge in [0.15, 0.2) is 11.5 Å². The van der Waals surface area contributed by atoms with Crippen LogP contribution < -0.4 is 14.9 Å². The SMILES string of the molecule is C=CCOc1c(I)cc(/C=N\NC(=O)c2ccccn2)cc1OC. The van der Waals surface area contributed by atoms with Crippen molar-refractivity contribution >= 4 is 34.7 Å². The fraction of sp³-hybridized carbons (Fsp3) is 0.118. The van der Waals surface area contributed by atoms with Crippen molar-refractivity contribution in [2.24, 2.45) is 5.10 Å². The van der Waals surface area contributed by atoms with Gasteiger partial charge in [0.05, 0.1) is 16.9 Å². The molecule has 124 valence electrons. The topological polar surface area (TPSA) is 72.8 Å². The number of carbonyl (C=O) groups is 1. The fourth-order valence-electron chi connectivity index (χ4n) is 1.82. The maximum absolute atomic E-state index is 11.9. The van der Waals surface area contributed by atoms with E-state index in [1.54, 1.807) is 43.6 Å². The van der Waals surface area contributed by atoms with Crippen molar-refractivity contribution in [1.82, 2.24) is 10.4 Å². The van der Waals surface area contributed by atoms with Crippen LogP contribution in [0.2, 0.25) is 0 Å². The third kappa shape index (κ3) is 4.79. The lowest BCUT2D eigenvalue weighted by Gasteiger charge is -2.12. The third-order valence-corrected chi connectivity index (χ3v) is 3.68. The summed E-state index contributed by atoms with van der Waals surface area (Å²) in [5.41, 5.74) is 3.50. The van der Waals surface area contributed by atoms with Crippen LogP contribution in [0.1, 0.15) is 16.1 Å². The zero-order valence-electron chi connectivity index (χ0n) is 13.0. The minimum atomic E-state index is -0.376. The number of hydrazone groups is 1. The number of hydrogen-bond donors (Lipinski definition) is 1.